The van der Waals surface area contributed by atoms with Gasteiger partial charge in [0.2, 0.25) is 0 Å². The first-order chi connectivity index (χ1) is 8.04. The van der Waals surface area contributed by atoms with Gasteiger partial charge in [-0.1, -0.05) is 13.8 Å². The van der Waals surface area contributed by atoms with E-state index in [9.17, 15) is 9.90 Å². The molecule has 0 aliphatic carbocycles. The minimum atomic E-state index is -0.740. The zero-order valence-electron chi connectivity index (χ0n) is 10.1. The second kappa shape index (κ2) is 6.21. The second-order valence-corrected chi connectivity index (χ2v) is 4.88. The average molecular weight is 304 g/mol. The first kappa shape index (κ1) is 14.3. The SMILES string of the molecule is CCC(CC)(CNCc1ccc(Br)o1)C(=O)O. The van der Waals surface area contributed by atoms with Gasteiger partial charge in [-0.2, -0.15) is 0 Å². The first-order valence-corrected chi connectivity index (χ1v) is 6.51. The van der Waals surface area contributed by atoms with Gasteiger partial charge >= 0.3 is 5.97 Å². The third-order valence-corrected chi connectivity index (χ3v) is 3.62. The number of carbonyl (C=O) groups is 1. The molecular weight excluding hydrogens is 286 g/mol. The molecule has 17 heavy (non-hydrogen) atoms. The Labute approximate surface area is 110 Å². The maximum atomic E-state index is 11.3. The summed E-state index contributed by atoms with van der Waals surface area (Å²) in [6.07, 6.45) is 1.24. The van der Waals surface area contributed by atoms with Crippen molar-refractivity contribution in [2.75, 3.05) is 6.54 Å². The highest BCUT2D eigenvalue weighted by atomic mass is 79.9. The number of carboxylic acids is 1. The van der Waals surface area contributed by atoms with Gasteiger partial charge in [-0.3, -0.25) is 4.79 Å². The number of rotatable bonds is 7. The number of hydrogen-bond donors (Lipinski definition) is 2. The maximum Gasteiger partial charge on any atom is 0.310 e. The van der Waals surface area contributed by atoms with E-state index in [1.807, 2.05) is 26.0 Å². The van der Waals surface area contributed by atoms with Crippen LogP contribution in [-0.2, 0) is 11.3 Å². The molecule has 0 aliphatic heterocycles. The molecular formula is C12H18BrNO3. The first-order valence-electron chi connectivity index (χ1n) is 5.72. The molecule has 0 aromatic carbocycles. The molecule has 1 aromatic rings. The maximum absolute atomic E-state index is 11.3. The highest BCUT2D eigenvalue weighted by Crippen LogP contribution is 2.25. The summed E-state index contributed by atoms with van der Waals surface area (Å²) in [5, 5.41) is 12.4. The van der Waals surface area contributed by atoms with Gasteiger partial charge in [0.25, 0.3) is 0 Å². The fourth-order valence-corrected chi connectivity index (χ4v) is 2.09. The molecule has 0 aliphatic rings. The van der Waals surface area contributed by atoms with Crippen molar-refractivity contribution in [2.24, 2.45) is 5.41 Å². The lowest BCUT2D eigenvalue weighted by Crippen LogP contribution is -2.39. The Bertz CT molecular complexity index is 372. The van der Waals surface area contributed by atoms with Gasteiger partial charge in [0.15, 0.2) is 4.67 Å². The molecule has 0 fully saturated rings. The summed E-state index contributed by atoms with van der Waals surface area (Å²) in [5.74, 6) is 0.0546. The number of carboxylic acid groups (broad SMARTS) is 1. The molecule has 1 heterocycles. The normalized spacial score (nSPS) is 11.7. The van der Waals surface area contributed by atoms with Crippen LogP contribution in [0.2, 0.25) is 0 Å². The molecule has 96 valence electrons. The minimum Gasteiger partial charge on any atom is -0.481 e. The van der Waals surface area contributed by atoms with Crippen molar-refractivity contribution in [2.45, 2.75) is 33.2 Å². The molecule has 0 atom stereocenters. The lowest BCUT2D eigenvalue weighted by atomic mass is 9.82. The second-order valence-electron chi connectivity index (χ2n) is 4.10. The summed E-state index contributed by atoms with van der Waals surface area (Å²) < 4.78 is 6.02. The molecule has 0 radical (unpaired) electrons. The van der Waals surface area contributed by atoms with Crippen LogP contribution in [-0.4, -0.2) is 17.6 Å². The van der Waals surface area contributed by atoms with E-state index >= 15 is 0 Å². The number of halogens is 1. The van der Waals surface area contributed by atoms with E-state index in [1.165, 1.54) is 0 Å². The lowest BCUT2D eigenvalue weighted by Gasteiger charge is -2.26. The third kappa shape index (κ3) is 3.57. The van der Waals surface area contributed by atoms with Gasteiger partial charge in [-0.25, -0.2) is 0 Å². The quantitative estimate of drug-likeness (QED) is 0.813. The van der Waals surface area contributed by atoms with Crippen LogP contribution in [0.25, 0.3) is 0 Å². The van der Waals surface area contributed by atoms with Gasteiger partial charge in [-0.05, 0) is 40.9 Å². The molecule has 0 amide bonds. The van der Waals surface area contributed by atoms with Crippen LogP contribution >= 0.6 is 15.9 Å². The molecule has 0 saturated carbocycles. The van der Waals surface area contributed by atoms with Crippen LogP contribution in [0.5, 0.6) is 0 Å². The van der Waals surface area contributed by atoms with E-state index in [4.69, 9.17) is 4.42 Å². The van der Waals surface area contributed by atoms with E-state index in [0.717, 1.165) is 5.76 Å². The zero-order chi connectivity index (χ0) is 12.9. The fraction of sp³-hybridized carbons (Fsp3) is 0.583. The monoisotopic (exact) mass is 303 g/mol. The minimum absolute atomic E-state index is 0.452. The standard InChI is InChI=1S/C12H18BrNO3/c1-3-12(4-2,11(15)16)8-14-7-9-5-6-10(13)17-9/h5-6,14H,3-4,7-8H2,1-2H3,(H,15,16). The van der Waals surface area contributed by atoms with E-state index in [2.05, 4.69) is 21.2 Å². The smallest absolute Gasteiger partial charge is 0.310 e. The number of furan rings is 1. The van der Waals surface area contributed by atoms with E-state index in [0.29, 0.717) is 30.6 Å². The Hall–Kier alpha value is -0.810. The fourth-order valence-electron chi connectivity index (χ4n) is 1.75. The van der Waals surface area contributed by atoms with Gasteiger partial charge in [0.1, 0.15) is 5.76 Å². The summed E-state index contributed by atoms with van der Waals surface area (Å²) in [5.41, 5.74) is -0.677. The summed E-state index contributed by atoms with van der Waals surface area (Å²) in [6, 6.07) is 3.68. The average Bonchev–Trinajstić information content (AvgIpc) is 2.70. The Morgan fingerprint density at radius 1 is 1.47 bits per heavy atom. The lowest BCUT2D eigenvalue weighted by molar-refractivity contribution is -0.149. The van der Waals surface area contributed by atoms with Crippen molar-refractivity contribution < 1.29 is 14.3 Å². The molecule has 0 bridgehead atoms. The molecule has 0 unspecified atom stereocenters. The summed E-state index contributed by atoms with van der Waals surface area (Å²) in [4.78, 5) is 11.3. The van der Waals surface area contributed by atoms with Crippen molar-refractivity contribution in [3.63, 3.8) is 0 Å². The number of aliphatic carboxylic acids is 1. The van der Waals surface area contributed by atoms with Crippen molar-refractivity contribution in [3.05, 3.63) is 22.6 Å². The molecule has 0 saturated heterocycles. The van der Waals surface area contributed by atoms with E-state index in [-0.39, 0.29) is 0 Å². The summed E-state index contributed by atoms with van der Waals surface area (Å²) in [6.45, 7) is 4.81. The van der Waals surface area contributed by atoms with Gasteiger partial charge < -0.3 is 14.8 Å². The summed E-state index contributed by atoms with van der Waals surface area (Å²) >= 11 is 3.23. The van der Waals surface area contributed by atoms with Gasteiger partial charge in [-0.15, -0.1) is 0 Å². The molecule has 1 rings (SSSR count). The number of hydrogen-bond acceptors (Lipinski definition) is 3. The van der Waals surface area contributed by atoms with E-state index in [1.54, 1.807) is 0 Å². The van der Waals surface area contributed by atoms with Crippen LogP contribution < -0.4 is 5.32 Å². The highest BCUT2D eigenvalue weighted by molar-refractivity contribution is 9.10. The molecule has 2 N–H and O–H groups in total. The van der Waals surface area contributed by atoms with Crippen molar-refractivity contribution in [1.29, 1.82) is 0 Å². The Morgan fingerprint density at radius 2 is 2.12 bits per heavy atom. The van der Waals surface area contributed by atoms with Crippen molar-refractivity contribution in [1.82, 2.24) is 5.32 Å². The zero-order valence-corrected chi connectivity index (χ0v) is 11.7. The Kier molecular flexibility index (Phi) is 5.21. The van der Waals surface area contributed by atoms with Crippen molar-refractivity contribution in [3.8, 4) is 0 Å². The molecule has 5 heteroatoms. The van der Waals surface area contributed by atoms with Crippen LogP contribution in [0.15, 0.2) is 21.2 Å². The third-order valence-electron chi connectivity index (χ3n) is 3.20. The topological polar surface area (TPSA) is 62.5 Å². The van der Waals surface area contributed by atoms with Gasteiger partial charge in [0, 0.05) is 6.54 Å². The molecule has 1 aromatic heterocycles. The van der Waals surface area contributed by atoms with Crippen LogP contribution in [0.3, 0.4) is 0 Å². The van der Waals surface area contributed by atoms with Crippen LogP contribution in [0, 0.1) is 5.41 Å². The highest BCUT2D eigenvalue weighted by Gasteiger charge is 2.34. The molecule has 0 spiro atoms. The van der Waals surface area contributed by atoms with Crippen LogP contribution in [0.4, 0.5) is 0 Å². The number of nitrogens with one attached hydrogen (secondary N) is 1. The predicted molar refractivity (Wildman–Crippen MR) is 68.8 cm³/mol. The Balaban J connectivity index is 2.50. The van der Waals surface area contributed by atoms with Gasteiger partial charge in [0.05, 0.1) is 12.0 Å². The summed E-state index contributed by atoms with van der Waals surface area (Å²) in [7, 11) is 0. The molecule has 4 nitrogen and oxygen atoms in total. The Morgan fingerprint density at radius 3 is 2.53 bits per heavy atom. The van der Waals surface area contributed by atoms with Crippen LogP contribution in [0.1, 0.15) is 32.4 Å². The largest absolute Gasteiger partial charge is 0.481 e. The van der Waals surface area contributed by atoms with Crippen molar-refractivity contribution >= 4 is 21.9 Å². The van der Waals surface area contributed by atoms with E-state index < -0.39 is 11.4 Å². The predicted octanol–water partition coefficient (Wildman–Crippen LogP) is 3.02.